The van der Waals surface area contributed by atoms with Crippen LogP contribution in [0.4, 0.5) is 0 Å². The highest BCUT2D eigenvalue weighted by Crippen LogP contribution is 2.31. The smallest absolute Gasteiger partial charge is 0.273 e. The fourth-order valence-corrected chi connectivity index (χ4v) is 3.72. The number of carbonyl (C=O) groups is 2. The fraction of sp³-hybridized carbons (Fsp3) is 0.190. The SMILES string of the molecule is Cc1ccc(Sc2ncccc2C(=O)NNC(=O)c2cc(C)oc2C)c(C)c1. The van der Waals surface area contributed by atoms with E-state index in [-0.39, 0.29) is 0 Å². The summed E-state index contributed by atoms with van der Waals surface area (Å²) < 4.78 is 5.35. The van der Waals surface area contributed by atoms with E-state index in [1.165, 1.54) is 17.3 Å². The minimum Gasteiger partial charge on any atom is -0.466 e. The zero-order chi connectivity index (χ0) is 20.3. The Hall–Kier alpha value is -3.06. The van der Waals surface area contributed by atoms with Gasteiger partial charge in [-0.15, -0.1) is 0 Å². The molecule has 7 heteroatoms. The third-order valence-corrected chi connectivity index (χ3v) is 5.32. The molecule has 0 aliphatic carbocycles. The molecule has 0 aliphatic rings. The molecule has 0 saturated carbocycles. The maximum Gasteiger partial charge on any atom is 0.273 e. The van der Waals surface area contributed by atoms with E-state index >= 15 is 0 Å². The van der Waals surface area contributed by atoms with Gasteiger partial charge in [0.15, 0.2) is 0 Å². The van der Waals surface area contributed by atoms with Crippen LogP contribution in [0.1, 0.15) is 43.4 Å². The first-order valence-electron chi connectivity index (χ1n) is 8.73. The molecule has 0 aliphatic heterocycles. The molecule has 0 atom stereocenters. The van der Waals surface area contributed by atoms with Crippen LogP contribution in [0.25, 0.3) is 0 Å². The lowest BCUT2D eigenvalue weighted by molar-refractivity contribution is 0.0843. The van der Waals surface area contributed by atoms with Gasteiger partial charge in [0.2, 0.25) is 0 Å². The zero-order valence-electron chi connectivity index (χ0n) is 16.1. The number of hydrogen-bond donors (Lipinski definition) is 2. The van der Waals surface area contributed by atoms with E-state index in [2.05, 4.69) is 21.9 Å². The number of rotatable bonds is 4. The van der Waals surface area contributed by atoms with Gasteiger partial charge in [-0.1, -0.05) is 29.5 Å². The van der Waals surface area contributed by atoms with E-state index in [1.807, 2.05) is 26.0 Å². The summed E-state index contributed by atoms with van der Waals surface area (Å²) in [6.07, 6.45) is 1.64. The lowest BCUT2D eigenvalue weighted by Gasteiger charge is -2.11. The molecule has 2 amide bonds. The molecule has 0 spiro atoms. The molecular weight excluding hydrogens is 374 g/mol. The number of hydrazine groups is 1. The zero-order valence-corrected chi connectivity index (χ0v) is 16.9. The second-order valence-electron chi connectivity index (χ2n) is 6.46. The minimum atomic E-state index is -0.438. The number of amides is 2. The predicted molar refractivity (Wildman–Crippen MR) is 107 cm³/mol. The second-order valence-corrected chi connectivity index (χ2v) is 7.49. The summed E-state index contributed by atoms with van der Waals surface area (Å²) in [4.78, 5) is 30.2. The molecule has 0 bridgehead atoms. The van der Waals surface area contributed by atoms with E-state index in [0.29, 0.717) is 27.7 Å². The van der Waals surface area contributed by atoms with Crippen LogP contribution in [0.2, 0.25) is 0 Å². The first kappa shape index (κ1) is 19.7. The molecule has 3 rings (SSSR count). The summed E-state index contributed by atoms with van der Waals surface area (Å²) in [6, 6.07) is 11.1. The number of aryl methyl sites for hydroxylation is 4. The number of hydrogen-bond acceptors (Lipinski definition) is 5. The fourth-order valence-electron chi connectivity index (χ4n) is 2.77. The number of aromatic nitrogens is 1. The first-order chi connectivity index (χ1) is 13.3. The van der Waals surface area contributed by atoms with Crippen molar-refractivity contribution in [2.24, 2.45) is 0 Å². The summed E-state index contributed by atoms with van der Waals surface area (Å²) in [5.74, 6) is 0.256. The van der Waals surface area contributed by atoms with Crippen LogP contribution < -0.4 is 10.9 Å². The molecule has 0 saturated heterocycles. The molecule has 3 aromatic rings. The molecule has 2 heterocycles. The van der Waals surface area contributed by atoms with Gasteiger partial charge in [0.1, 0.15) is 16.5 Å². The van der Waals surface area contributed by atoms with Gasteiger partial charge in [0, 0.05) is 11.1 Å². The highest BCUT2D eigenvalue weighted by molar-refractivity contribution is 7.99. The van der Waals surface area contributed by atoms with E-state index in [0.717, 1.165) is 10.5 Å². The number of furan rings is 1. The molecule has 2 aromatic heterocycles. The van der Waals surface area contributed by atoms with Crippen LogP contribution in [0.5, 0.6) is 0 Å². The van der Waals surface area contributed by atoms with Crippen LogP contribution in [-0.2, 0) is 0 Å². The Labute approximate surface area is 167 Å². The van der Waals surface area contributed by atoms with Crippen molar-refractivity contribution >= 4 is 23.6 Å². The Morgan fingerprint density at radius 1 is 0.964 bits per heavy atom. The molecule has 0 fully saturated rings. The molecule has 0 radical (unpaired) electrons. The van der Waals surface area contributed by atoms with Gasteiger partial charge in [-0.25, -0.2) is 4.98 Å². The number of benzene rings is 1. The van der Waals surface area contributed by atoms with Crippen LogP contribution in [-0.4, -0.2) is 16.8 Å². The van der Waals surface area contributed by atoms with Gasteiger partial charge in [-0.3, -0.25) is 20.4 Å². The molecule has 6 nitrogen and oxygen atoms in total. The van der Waals surface area contributed by atoms with Gasteiger partial charge >= 0.3 is 0 Å². The molecule has 0 unspecified atom stereocenters. The Morgan fingerprint density at radius 3 is 2.32 bits per heavy atom. The van der Waals surface area contributed by atoms with Crippen molar-refractivity contribution in [1.82, 2.24) is 15.8 Å². The van der Waals surface area contributed by atoms with E-state index in [4.69, 9.17) is 4.42 Å². The second kappa shape index (κ2) is 8.31. The summed E-state index contributed by atoms with van der Waals surface area (Å²) in [7, 11) is 0. The van der Waals surface area contributed by atoms with Gasteiger partial charge < -0.3 is 4.42 Å². The Kier molecular flexibility index (Phi) is 5.84. The minimum absolute atomic E-state index is 0.382. The number of nitrogens with one attached hydrogen (secondary N) is 2. The maximum absolute atomic E-state index is 12.6. The topological polar surface area (TPSA) is 84.2 Å². The molecule has 28 heavy (non-hydrogen) atoms. The van der Waals surface area contributed by atoms with Crippen molar-refractivity contribution in [3.63, 3.8) is 0 Å². The number of nitrogens with zero attached hydrogens (tertiary/aromatic N) is 1. The van der Waals surface area contributed by atoms with Gasteiger partial charge in [0.05, 0.1) is 11.1 Å². The van der Waals surface area contributed by atoms with E-state index < -0.39 is 11.8 Å². The average molecular weight is 395 g/mol. The van der Waals surface area contributed by atoms with Crippen LogP contribution in [0.3, 0.4) is 0 Å². The molecular formula is C21H21N3O3S. The lowest BCUT2D eigenvalue weighted by atomic mass is 10.2. The summed E-state index contributed by atoms with van der Waals surface area (Å²) in [5.41, 5.74) is 7.93. The Bertz CT molecular complexity index is 1040. The normalized spacial score (nSPS) is 10.6. The van der Waals surface area contributed by atoms with Gasteiger partial charge in [0.25, 0.3) is 11.8 Å². The van der Waals surface area contributed by atoms with Crippen LogP contribution >= 0.6 is 11.8 Å². The largest absolute Gasteiger partial charge is 0.466 e. The summed E-state index contributed by atoms with van der Waals surface area (Å²) in [6.45, 7) is 7.51. The van der Waals surface area contributed by atoms with Crippen molar-refractivity contribution < 1.29 is 14.0 Å². The third kappa shape index (κ3) is 4.43. The molecule has 2 N–H and O–H groups in total. The van der Waals surface area contributed by atoms with Crippen molar-refractivity contribution in [3.05, 3.63) is 76.4 Å². The van der Waals surface area contributed by atoms with E-state index in [1.54, 1.807) is 38.2 Å². The van der Waals surface area contributed by atoms with Crippen LogP contribution in [0, 0.1) is 27.7 Å². The number of carbonyl (C=O) groups excluding carboxylic acids is 2. The molecule has 144 valence electrons. The van der Waals surface area contributed by atoms with Crippen molar-refractivity contribution in [2.75, 3.05) is 0 Å². The summed E-state index contributed by atoms with van der Waals surface area (Å²) in [5, 5.41) is 0.566. The van der Waals surface area contributed by atoms with E-state index in [9.17, 15) is 9.59 Å². The van der Waals surface area contributed by atoms with Crippen molar-refractivity contribution in [2.45, 2.75) is 37.6 Å². The average Bonchev–Trinajstić information content (AvgIpc) is 3.00. The van der Waals surface area contributed by atoms with Gasteiger partial charge in [-0.05, 0) is 57.5 Å². The standard InChI is InChI=1S/C21H21N3O3S/c1-12-7-8-18(13(2)10-12)28-21-16(6-5-9-22-21)19(25)23-24-20(26)17-11-14(3)27-15(17)4/h5-11H,1-4H3,(H,23,25)(H,24,26). The lowest BCUT2D eigenvalue weighted by Crippen LogP contribution is -2.42. The third-order valence-electron chi connectivity index (χ3n) is 4.13. The van der Waals surface area contributed by atoms with Gasteiger partial charge in [-0.2, -0.15) is 0 Å². The monoisotopic (exact) mass is 395 g/mol. The summed E-state index contributed by atoms with van der Waals surface area (Å²) >= 11 is 1.41. The van der Waals surface area contributed by atoms with Crippen molar-refractivity contribution in [1.29, 1.82) is 0 Å². The van der Waals surface area contributed by atoms with Crippen LogP contribution in [0.15, 0.2) is 56.9 Å². The quantitative estimate of drug-likeness (QED) is 0.649. The highest BCUT2D eigenvalue weighted by Gasteiger charge is 2.17. The Balaban J connectivity index is 1.74. The number of pyridine rings is 1. The first-order valence-corrected chi connectivity index (χ1v) is 9.54. The Morgan fingerprint density at radius 2 is 1.68 bits per heavy atom. The molecule has 1 aromatic carbocycles. The highest BCUT2D eigenvalue weighted by atomic mass is 32.2. The van der Waals surface area contributed by atoms with Crippen molar-refractivity contribution in [3.8, 4) is 0 Å². The predicted octanol–water partition coefficient (Wildman–Crippen LogP) is 4.13. The maximum atomic E-state index is 12.6.